The van der Waals surface area contributed by atoms with Gasteiger partial charge in [-0.05, 0) is 25.1 Å². The number of hydrogen-bond donors (Lipinski definition) is 2. The molecule has 0 saturated heterocycles. The summed E-state index contributed by atoms with van der Waals surface area (Å²) in [7, 11) is 0. The molecule has 0 radical (unpaired) electrons. The smallest absolute Gasteiger partial charge is 0.250 e. The van der Waals surface area contributed by atoms with Crippen LogP contribution in [-0.4, -0.2) is 21.2 Å². The Balaban J connectivity index is 2.32. The molecule has 0 bridgehead atoms. The van der Waals surface area contributed by atoms with E-state index in [0.717, 1.165) is 5.56 Å². The monoisotopic (exact) mass is 244 g/mol. The van der Waals surface area contributed by atoms with Gasteiger partial charge < -0.3 is 15.7 Å². The van der Waals surface area contributed by atoms with Crippen LogP contribution in [0.5, 0.6) is 11.6 Å². The third kappa shape index (κ3) is 2.54. The molecule has 1 aromatic heterocycles. The zero-order valence-corrected chi connectivity index (χ0v) is 9.74. The summed E-state index contributed by atoms with van der Waals surface area (Å²) in [6.07, 6.45) is 1.44. The number of oxime groups is 1. The summed E-state index contributed by atoms with van der Waals surface area (Å²) in [5, 5.41) is 19.1. The SMILES string of the molecule is Cc1ccc(Oc2nnccc2/C(N)=N/O)cc1. The van der Waals surface area contributed by atoms with Crippen molar-refractivity contribution in [3.05, 3.63) is 47.7 Å². The normalized spacial score (nSPS) is 11.3. The number of hydrogen-bond acceptors (Lipinski definition) is 5. The molecular weight excluding hydrogens is 232 g/mol. The van der Waals surface area contributed by atoms with E-state index in [1.54, 1.807) is 18.2 Å². The first-order valence-electron chi connectivity index (χ1n) is 5.25. The number of aromatic nitrogens is 2. The summed E-state index contributed by atoms with van der Waals surface area (Å²) in [4.78, 5) is 0. The van der Waals surface area contributed by atoms with Gasteiger partial charge in [-0.3, -0.25) is 0 Å². The molecule has 0 saturated carbocycles. The van der Waals surface area contributed by atoms with Gasteiger partial charge in [0.25, 0.3) is 0 Å². The molecule has 1 heterocycles. The molecule has 2 rings (SSSR count). The number of benzene rings is 1. The van der Waals surface area contributed by atoms with Crippen LogP contribution in [0.15, 0.2) is 41.7 Å². The molecular formula is C12H12N4O2. The Labute approximate surface area is 104 Å². The summed E-state index contributed by atoms with van der Waals surface area (Å²) in [6, 6.07) is 9.00. The Morgan fingerprint density at radius 1 is 1.28 bits per heavy atom. The van der Waals surface area contributed by atoms with Gasteiger partial charge >= 0.3 is 0 Å². The van der Waals surface area contributed by atoms with Crippen molar-refractivity contribution in [2.45, 2.75) is 6.92 Å². The van der Waals surface area contributed by atoms with Crippen LogP contribution in [0.25, 0.3) is 0 Å². The minimum Gasteiger partial charge on any atom is -0.437 e. The van der Waals surface area contributed by atoms with E-state index in [9.17, 15) is 0 Å². The number of rotatable bonds is 3. The maximum Gasteiger partial charge on any atom is 0.250 e. The Bertz CT molecular complexity index is 567. The average Bonchev–Trinajstić information content (AvgIpc) is 2.41. The van der Waals surface area contributed by atoms with Gasteiger partial charge in [0.05, 0.1) is 11.8 Å². The number of nitrogens with two attached hydrogens (primary N) is 1. The molecule has 2 aromatic rings. The zero-order valence-electron chi connectivity index (χ0n) is 9.74. The van der Waals surface area contributed by atoms with Crippen LogP contribution in [-0.2, 0) is 0 Å². The molecule has 0 amide bonds. The van der Waals surface area contributed by atoms with E-state index < -0.39 is 0 Å². The number of nitrogens with zero attached hydrogens (tertiary/aromatic N) is 3. The fourth-order valence-electron chi connectivity index (χ4n) is 1.36. The predicted octanol–water partition coefficient (Wildman–Crippen LogP) is 1.67. The van der Waals surface area contributed by atoms with Gasteiger partial charge in [0.1, 0.15) is 5.75 Å². The van der Waals surface area contributed by atoms with Gasteiger partial charge in [0.2, 0.25) is 5.88 Å². The van der Waals surface area contributed by atoms with E-state index in [1.807, 2.05) is 19.1 Å². The van der Waals surface area contributed by atoms with Crippen LogP contribution in [0.2, 0.25) is 0 Å². The maximum absolute atomic E-state index is 8.67. The minimum absolute atomic E-state index is 0.0768. The molecule has 6 nitrogen and oxygen atoms in total. The van der Waals surface area contributed by atoms with Crippen molar-refractivity contribution in [3.63, 3.8) is 0 Å². The summed E-state index contributed by atoms with van der Waals surface area (Å²) < 4.78 is 5.54. The first-order valence-corrected chi connectivity index (χ1v) is 5.25. The Morgan fingerprint density at radius 3 is 2.67 bits per heavy atom. The first kappa shape index (κ1) is 11.8. The van der Waals surface area contributed by atoms with E-state index in [4.69, 9.17) is 15.7 Å². The van der Waals surface area contributed by atoms with Gasteiger partial charge in [-0.25, -0.2) is 0 Å². The van der Waals surface area contributed by atoms with E-state index in [-0.39, 0.29) is 11.7 Å². The fourth-order valence-corrected chi connectivity index (χ4v) is 1.36. The van der Waals surface area contributed by atoms with Crippen LogP contribution in [0.1, 0.15) is 11.1 Å². The Hall–Kier alpha value is -2.63. The lowest BCUT2D eigenvalue weighted by molar-refractivity contribution is 0.318. The fraction of sp³-hybridized carbons (Fsp3) is 0.0833. The minimum atomic E-state index is -0.0768. The molecule has 0 atom stereocenters. The van der Waals surface area contributed by atoms with Crippen molar-refractivity contribution in [2.24, 2.45) is 10.9 Å². The highest BCUT2D eigenvalue weighted by atomic mass is 16.5. The third-order valence-corrected chi connectivity index (χ3v) is 2.31. The quantitative estimate of drug-likeness (QED) is 0.371. The highest BCUT2D eigenvalue weighted by Gasteiger charge is 2.10. The van der Waals surface area contributed by atoms with Crippen LogP contribution < -0.4 is 10.5 Å². The number of aryl methyl sites for hydroxylation is 1. The van der Waals surface area contributed by atoms with Crippen LogP contribution in [0.4, 0.5) is 0 Å². The summed E-state index contributed by atoms with van der Waals surface area (Å²) in [6.45, 7) is 1.98. The van der Waals surface area contributed by atoms with Crippen molar-refractivity contribution in [3.8, 4) is 11.6 Å². The van der Waals surface area contributed by atoms with E-state index in [0.29, 0.717) is 11.3 Å². The third-order valence-electron chi connectivity index (χ3n) is 2.31. The van der Waals surface area contributed by atoms with Crippen LogP contribution in [0.3, 0.4) is 0 Å². The molecule has 92 valence electrons. The zero-order chi connectivity index (χ0) is 13.0. The van der Waals surface area contributed by atoms with Gasteiger partial charge in [-0.1, -0.05) is 22.9 Å². The van der Waals surface area contributed by atoms with E-state index in [2.05, 4.69) is 15.4 Å². The van der Waals surface area contributed by atoms with Gasteiger partial charge in [-0.15, -0.1) is 5.10 Å². The lowest BCUT2D eigenvalue weighted by Crippen LogP contribution is -2.15. The highest BCUT2D eigenvalue weighted by Crippen LogP contribution is 2.22. The Kier molecular flexibility index (Phi) is 3.38. The molecule has 0 spiro atoms. The predicted molar refractivity (Wildman–Crippen MR) is 65.8 cm³/mol. The summed E-state index contributed by atoms with van der Waals surface area (Å²) >= 11 is 0. The largest absolute Gasteiger partial charge is 0.437 e. The van der Waals surface area contributed by atoms with Gasteiger partial charge in [0, 0.05) is 0 Å². The second-order valence-electron chi connectivity index (χ2n) is 3.65. The lowest BCUT2D eigenvalue weighted by atomic mass is 10.2. The van der Waals surface area contributed by atoms with Gasteiger partial charge in [-0.2, -0.15) is 5.10 Å². The maximum atomic E-state index is 8.67. The van der Waals surface area contributed by atoms with Crippen molar-refractivity contribution >= 4 is 5.84 Å². The Morgan fingerprint density at radius 2 is 2.00 bits per heavy atom. The number of amidine groups is 1. The molecule has 0 aliphatic rings. The molecule has 1 aromatic carbocycles. The molecule has 18 heavy (non-hydrogen) atoms. The van der Waals surface area contributed by atoms with Crippen LogP contribution >= 0.6 is 0 Å². The molecule has 3 N–H and O–H groups in total. The standard InChI is InChI=1S/C12H12N4O2/c1-8-2-4-9(5-3-8)18-12-10(11(13)16-17)6-7-14-15-12/h2-7,17H,1H3,(H2,13,16). The van der Waals surface area contributed by atoms with E-state index >= 15 is 0 Å². The molecule has 0 unspecified atom stereocenters. The number of ether oxygens (including phenoxy) is 1. The molecule has 6 heteroatoms. The lowest BCUT2D eigenvalue weighted by Gasteiger charge is -2.07. The second-order valence-corrected chi connectivity index (χ2v) is 3.65. The van der Waals surface area contributed by atoms with E-state index in [1.165, 1.54) is 6.20 Å². The molecule has 0 aliphatic heterocycles. The van der Waals surface area contributed by atoms with Crippen molar-refractivity contribution in [2.75, 3.05) is 0 Å². The highest BCUT2D eigenvalue weighted by molar-refractivity contribution is 5.98. The molecule has 0 aliphatic carbocycles. The second kappa shape index (κ2) is 5.13. The topological polar surface area (TPSA) is 93.6 Å². The average molecular weight is 244 g/mol. The first-order chi connectivity index (χ1) is 8.70. The van der Waals surface area contributed by atoms with Crippen LogP contribution in [0, 0.1) is 6.92 Å². The van der Waals surface area contributed by atoms with Crippen molar-refractivity contribution in [1.29, 1.82) is 0 Å². The van der Waals surface area contributed by atoms with Crippen molar-refractivity contribution < 1.29 is 9.94 Å². The van der Waals surface area contributed by atoms with Crippen molar-refractivity contribution in [1.82, 2.24) is 10.2 Å². The molecule has 0 fully saturated rings. The van der Waals surface area contributed by atoms with Gasteiger partial charge in [0.15, 0.2) is 5.84 Å². The summed E-state index contributed by atoms with van der Waals surface area (Å²) in [5.74, 6) is 0.719. The summed E-state index contributed by atoms with van der Waals surface area (Å²) in [5.41, 5.74) is 7.03.